The summed E-state index contributed by atoms with van der Waals surface area (Å²) < 4.78 is 5.22. The van der Waals surface area contributed by atoms with Gasteiger partial charge in [0.1, 0.15) is 5.76 Å². The molecule has 94 valence electrons. The Labute approximate surface area is 105 Å². The van der Waals surface area contributed by atoms with Gasteiger partial charge >= 0.3 is 5.97 Å². The first kappa shape index (κ1) is 12.5. The number of carboxylic acid groups (broad SMARTS) is 1. The van der Waals surface area contributed by atoms with E-state index in [2.05, 4.69) is 11.8 Å². The summed E-state index contributed by atoms with van der Waals surface area (Å²) in [6.45, 7) is 5.87. The van der Waals surface area contributed by atoms with Crippen molar-refractivity contribution >= 4 is 17.7 Å². The van der Waals surface area contributed by atoms with Crippen LogP contribution in [0.25, 0.3) is 0 Å². The molecule has 1 aromatic heterocycles. The summed E-state index contributed by atoms with van der Waals surface area (Å²) >= 11 is 1.97. The summed E-state index contributed by atoms with van der Waals surface area (Å²) in [5, 5.41) is 8.87. The van der Waals surface area contributed by atoms with E-state index in [1.54, 1.807) is 6.07 Å². The van der Waals surface area contributed by atoms with Gasteiger partial charge in [0, 0.05) is 36.2 Å². The average molecular weight is 255 g/mol. The zero-order valence-corrected chi connectivity index (χ0v) is 10.9. The first-order valence-corrected chi connectivity index (χ1v) is 6.88. The Morgan fingerprint density at radius 2 is 2.47 bits per heavy atom. The number of hydrogen-bond donors (Lipinski definition) is 1. The molecule has 0 radical (unpaired) electrons. The van der Waals surface area contributed by atoms with Crippen molar-refractivity contribution in [3.05, 3.63) is 23.2 Å². The molecule has 1 unspecified atom stereocenters. The molecule has 1 atom stereocenters. The van der Waals surface area contributed by atoms with Gasteiger partial charge in [-0.15, -0.1) is 0 Å². The van der Waals surface area contributed by atoms with Gasteiger partial charge in [0.25, 0.3) is 0 Å². The minimum atomic E-state index is -0.999. The monoisotopic (exact) mass is 255 g/mol. The molecule has 2 rings (SSSR count). The van der Waals surface area contributed by atoms with Gasteiger partial charge in [-0.2, -0.15) is 11.8 Å². The van der Waals surface area contributed by atoms with Crippen LogP contribution in [0.15, 0.2) is 10.5 Å². The van der Waals surface area contributed by atoms with Crippen molar-refractivity contribution < 1.29 is 14.3 Å². The van der Waals surface area contributed by atoms with E-state index in [0.717, 1.165) is 30.2 Å². The summed E-state index contributed by atoms with van der Waals surface area (Å²) in [6, 6.07) is 2.18. The maximum atomic E-state index is 10.8. The van der Waals surface area contributed by atoms with E-state index in [1.165, 1.54) is 0 Å². The standard InChI is InChI=1S/C12H17NO3S/c1-8-7-17-4-3-13(8)6-10-5-11(12(14)15)16-9(10)2/h5,8H,3-4,6-7H2,1-2H3,(H,14,15). The Bertz CT molecular complexity index is 416. The fourth-order valence-corrected chi connectivity index (χ4v) is 3.08. The predicted octanol–water partition coefficient (Wildman–Crippen LogP) is 2.22. The lowest BCUT2D eigenvalue weighted by Crippen LogP contribution is -2.39. The second kappa shape index (κ2) is 5.14. The number of carbonyl (C=O) groups is 1. The van der Waals surface area contributed by atoms with Crippen LogP contribution in [0.4, 0.5) is 0 Å². The molecule has 17 heavy (non-hydrogen) atoms. The van der Waals surface area contributed by atoms with Gasteiger partial charge in [0.05, 0.1) is 0 Å². The molecule has 2 heterocycles. The molecule has 1 aromatic rings. The van der Waals surface area contributed by atoms with Crippen molar-refractivity contribution in [1.82, 2.24) is 4.90 Å². The molecule has 1 aliphatic heterocycles. The van der Waals surface area contributed by atoms with E-state index in [-0.39, 0.29) is 5.76 Å². The van der Waals surface area contributed by atoms with Crippen LogP contribution in [0.2, 0.25) is 0 Å². The highest BCUT2D eigenvalue weighted by atomic mass is 32.2. The van der Waals surface area contributed by atoms with Crippen molar-refractivity contribution in [3.8, 4) is 0 Å². The Morgan fingerprint density at radius 3 is 3.06 bits per heavy atom. The normalized spacial score (nSPS) is 21.6. The average Bonchev–Trinajstić information content (AvgIpc) is 2.64. The quantitative estimate of drug-likeness (QED) is 0.897. The number of furan rings is 1. The Morgan fingerprint density at radius 1 is 1.71 bits per heavy atom. The van der Waals surface area contributed by atoms with Crippen molar-refractivity contribution in [2.75, 3.05) is 18.1 Å². The number of nitrogens with zero attached hydrogens (tertiary/aromatic N) is 1. The predicted molar refractivity (Wildman–Crippen MR) is 67.6 cm³/mol. The first-order valence-electron chi connectivity index (χ1n) is 5.72. The Balaban J connectivity index is 2.09. The van der Waals surface area contributed by atoms with E-state index >= 15 is 0 Å². The van der Waals surface area contributed by atoms with Crippen LogP contribution in [-0.4, -0.2) is 40.1 Å². The molecule has 0 saturated carbocycles. The molecule has 4 nitrogen and oxygen atoms in total. The van der Waals surface area contributed by atoms with Crippen LogP contribution in [0.5, 0.6) is 0 Å². The lowest BCUT2D eigenvalue weighted by molar-refractivity contribution is 0.0661. The maximum absolute atomic E-state index is 10.8. The number of thioether (sulfide) groups is 1. The molecule has 1 fully saturated rings. The summed E-state index contributed by atoms with van der Waals surface area (Å²) in [7, 11) is 0. The van der Waals surface area contributed by atoms with Crippen LogP contribution < -0.4 is 0 Å². The van der Waals surface area contributed by atoms with Crippen LogP contribution in [0.1, 0.15) is 28.8 Å². The fourth-order valence-electron chi connectivity index (χ4n) is 2.00. The zero-order chi connectivity index (χ0) is 12.4. The van der Waals surface area contributed by atoms with E-state index in [0.29, 0.717) is 11.8 Å². The maximum Gasteiger partial charge on any atom is 0.371 e. The summed E-state index contributed by atoms with van der Waals surface area (Å²) in [4.78, 5) is 13.2. The van der Waals surface area contributed by atoms with Gasteiger partial charge in [-0.3, -0.25) is 4.90 Å². The van der Waals surface area contributed by atoms with Gasteiger partial charge in [0.2, 0.25) is 5.76 Å². The van der Waals surface area contributed by atoms with Gasteiger partial charge in [-0.05, 0) is 19.9 Å². The number of rotatable bonds is 3. The topological polar surface area (TPSA) is 53.7 Å². The van der Waals surface area contributed by atoms with Crippen molar-refractivity contribution in [3.63, 3.8) is 0 Å². The molecule has 5 heteroatoms. The minimum Gasteiger partial charge on any atom is -0.475 e. The largest absolute Gasteiger partial charge is 0.475 e. The highest BCUT2D eigenvalue weighted by molar-refractivity contribution is 7.99. The van der Waals surface area contributed by atoms with Crippen molar-refractivity contribution in [2.45, 2.75) is 26.4 Å². The van der Waals surface area contributed by atoms with E-state index in [4.69, 9.17) is 9.52 Å². The number of aryl methyl sites for hydroxylation is 1. The Kier molecular flexibility index (Phi) is 3.79. The lowest BCUT2D eigenvalue weighted by Gasteiger charge is -2.32. The summed E-state index contributed by atoms with van der Waals surface area (Å²) in [5.41, 5.74) is 0.987. The van der Waals surface area contributed by atoms with Gasteiger partial charge in [-0.1, -0.05) is 0 Å². The fraction of sp³-hybridized carbons (Fsp3) is 0.583. The minimum absolute atomic E-state index is 0.0385. The zero-order valence-electron chi connectivity index (χ0n) is 10.1. The van der Waals surface area contributed by atoms with Gasteiger partial charge in [-0.25, -0.2) is 4.79 Å². The third-order valence-corrected chi connectivity index (χ3v) is 4.30. The molecule has 0 amide bonds. The Hall–Kier alpha value is -0.940. The molecule has 1 N–H and O–H groups in total. The van der Waals surface area contributed by atoms with Gasteiger partial charge in [0.15, 0.2) is 0 Å². The third kappa shape index (κ3) is 2.84. The number of carboxylic acids is 1. The molecular formula is C12H17NO3S. The van der Waals surface area contributed by atoms with E-state index < -0.39 is 5.97 Å². The summed E-state index contributed by atoms with van der Waals surface area (Å²) in [6.07, 6.45) is 0. The molecular weight excluding hydrogens is 238 g/mol. The van der Waals surface area contributed by atoms with Crippen LogP contribution in [-0.2, 0) is 6.54 Å². The number of hydrogen-bond acceptors (Lipinski definition) is 4. The highest BCUT2D eigenvalue weighted by Gasteiger charge is 2.21. The van der Waals surface area contributed by atoms with Crippen LogP contribution in [0, 0.1) is 6.92 Å². The second-order valence-electron chi connectivity index (χ2n) is 4.39. The van der Waals surface area contributed by atoms with Crippen LogP contribution >= 0.6 is 11.8 Å². The molecule has 0 aromatic carbocycles. The molecule has 0 bridgehead atoms. The molecule has 1 saturated heterocycles. The van der Waals surface area contributed by atoms with Gasteiger partial charge < -0.3 is 9.52 Å². The molecule has 0 aliphatic carbocycles. The molecule has 0 spiro atoms. The smallest absolute Gasteiger partial charge is 0.371 e. The van der Waals surface area contributed by atoms with Crippen molar-refractivity contribution in [2.24, 2.45) is 0 Å². The van der Waals surface area contributed by atoms with E-state index in [1.807, 2.05) is 18.7 Å². The van der Waals surface area contributed by atoms with Crippen molar-refractivity contribution in [1.29, 1.82) is 0 Å². The second-order valence-corrected chi connectivity index (χ2v) is 5.54. The SMILES string of the molecule is Cc1oc(C(=O)O)cc1CN1CCSCC1C. The lowest BCUT2D eigenvalue weighted by atomic mass is 10.2. The van der Waals surface area contributed by atoms with E-state index in [9.17, 15) is 4.79 Å². The third-order valence-electron chi connectivity index (χ3n) is 3.11. The highest BCUT2D eigenvalue weighted by Crippen LogP contribution is 2.22. The summed E-state index contributed by atoms with van der Waals surface area (Å²) in [5.74, 6) is 2.04. The molecule has 1 aliphatic rings. The first-order chi connectivity index (χ1) is 8.08. The van der Waals surface area contributed by atoms with Crippen LogP contribution in [0.3, 0.4) is 0 Å². The number of aromatic carboxylic acids is 1.